The molecule has 0 saturated carbocycles. The molecule has 0 radical (unpaired) electrons. The average molecular weight is 1340 g/mol. The maximum atomic E-state index is 7.20. The van der Waals surface area contributed by atoms with Crippen molar-refractivity contribution in [3.8, 4) is 0 Å². The van der Waals surface area contributed by atoms with Crippen LogP contribution in [-0.2, 0) is 19.6 Å². The van der Waals surface area contributed by atoms with Gasteiger partial charge in [0, 0.05) is 0 Å². The Labute approximate surface area is 500 Å². The largest absolute Gasteiger partial charge is 4.00 e. The minimum atomic E-state index is 0. The van der Waals surface area contributed by atoms with Crippen molar-refractivity contribution in [3.63, 3.8) is 0 Å². The predicted octanol–water partition coefficient (Wildman–Crippen LogP) is 22.6. The predicted molar refractivity (Wildman–Crippen MR) is 329 cm³/mol. The first kappa shape index (κ1) is 73.4. The van der Waals surface area contributed by atoms with Crippen LogP contribution < -0.4 is 3.29 Å². The van der Waals surface area contributed by atoms with Crippen molar-refractivity contribution >= 4 is 34.1 Å². The standard InChI is InChI=1S/3C12H18N.3C10H14N.Mo.N2.U/c3*1-9-6-10(2)8-11(7-9)13-12(3,4)5;3*1-10(2,3)11-9-7-5-4-6-8-9;;1-2;/h3*6-8H,1-5H3;3*4-8H,1-3H3;;;/q6*-1;;;+4. The Hall–Kier alpha value is -4.63. The van der Waals surface area contributed by atoms with Crippen LogP contribution in [0.3, 0.4) is 0 Å². The molecule has 0 unspecified atom stereocenters. The molecule has 0 aliphatic rings. The maximum absolute atomic E-state index is 7.20. The number of rotatable bonds is 6. The number of aryl methyl sites for hydroxylation is 6. The van der Waals surface area contributed by atoms with E-state index in [1.807, 2.05) is 91.0 Å². The Balaban J connectivity index is 0. The second-order valence-electron chi connectivity index (χ2n) is 24.8. The van der Waals surface area contributed by atoms with E-state index in [1.165, 1.54) is 53.0 Å². The van der Waals surface area contributed by atoms with E-state index in [-0.39, 0.29) is 64.3 Å². The summed E-state index contributed by atoms with van der Waals surface area (Å²) in [7, 11) is 0. The molecule has 0 aromatic heterocycles. The molecule has 0 heterocycles. The zero-order valence-electron chi connectivity index (χ0n) is 51.3. The van der Waals surface area contributed by atoms with Crippen molar-refractivity contribution in [1.82, 2.24) is 3.29 Å². The van der Waals surface area contributed by atoms with Crippen molar-refractivity contribution in [2.24, 2.45) is 0 Å². The van der Waals surface area contributed by atoms with Gasteiger partial charge in [-0.2, -0.15) is 0 Å². The van der Waals surface area contributed by atoms with Gasteiger partial charge in [0.2, 0.25) is 0 Å². The van der Waals surface area contributed by atoms with Gasteiger partial charge < -0.3 is 31.9 Å². The van der Waals surface area contributed by atoms with Gasteiger partial charge in [0.05, 0.1) is 0 Å². The van der Waals surface area contributed by atoms with Gasteiger partial charge in [-0.05, 0) is 41.5 Å². The number of hydrogen-bond acceptors (Lipinski definition) is 0. The summed E-state index contributed by atoms with van der Waals surface area (Å²) in [5.74, 6) is 0. The molecule has 8 nitrogen and oxygen atoms in total. The molecule has 0 saturated heterocycles. The average Bonchev–Trinajstić information content (AvgIpc) is 3.19. The third-order valence-corrected chi connectivity index (χ3v) is 8.67. The molecule has 0 aliphatic carbocycles. The van der Waals surface area contributed by atoms with E-state index in [0.29, 0.717) is 0 Å². The first-order valence-electron chi connectivity index (χ1n) is 26.0. The molecular formula is C66H96MoN8U-2. The van der Waals surface area contributed by atoms with Crippen LogP contribution in [0, 0.1) is 72.7 Å². The van der Waals surface area contributed by atoms with Crippen LogP contribution in [0.25, 0.3) is 37.4 Å². The summed E-state index contributed by atoms with van der Waals surface area (Å²) >= 11 is 1.25. The van der Waals surface area contributed by atoms with Crippen LogP contribution in [0.5, 0.6) is 0 Å². The molecule has 412 valence electrons. The fraction of sp³-hybridized carbons (Fsp3) is 0.455. The molecule has 76 heavy (non-hydrogen) atoms. The second-order valence-corrected chi connectivity index (χ2v) is 25.2. The molecule has 0 fully saturated rings. The van der Waals surface area contributed by atoms with Gasteiger partial charge in [0.25, 0.3) is 0 Å². The number of para-hydroxylation sites is 3. The summed E-state index contributed by atoms with van der Waals surface area (Å²) in [6.45, 7) is 50.6. The van der Waals surface area contributed by atoms with Gasteiger partial charge in [0.15, 0.2) is 0 Å². The van der Waals surface area contributed by atoms with Gasteiger partial charge in [-0.3, -0.25) is 0 Å². The van der Waals surface area contributed by atoms with E-state index in [2.05, 4.69) is 256 Å². The normalized spacial score (nSPS) is 10.8. The molecule has 0 atom stereocenters. The third-order valence-electron chi connectivity index (χ3n) is 8.67. The molecule has 6 rings (SSSR count). The molecule has 0 amide bonds. The number of hydrogen-bond donors (Lipinski definition) is 0. The van der Waals surface area contributed by atoms with Crippen LogP contribution >= 0.6 is 0 Å². The Kier molecular flexibility index (Phi) is 33.8. The van der Waals surface area contributed by atoms with E-state index < -0.39 is 0 Å². The topological polar surface area (TPSA) is 121 Å². The molecule has 0 bridgehead atoms. The summed E-state index contributed by atoms with van der Waals surface area (Å²) in [5, 5.41) is 27.3. The minimum absolute atomic E-state index is 0. The molecule has 6 aromatic carbocycles. The zero-order valence-corrected chi connectivity index (χ0v) is 57.5. The van der Waals surface area contributed by atoms with Gasteiger partial charge in [-0.1, -0.05) is 304 Å². The summed E-state index contributed by atoms with van der Waals surface area (Å²) in [6, 6.07) is 49.4. The zero-order chi connectivity index (χ0) is 57.8. The Bertz CT molecular complexity index is 2180. The van der Waals surface area contributed by atoms with Gasteiger partial charge >= 0.3 is 59.6 Å². The quantitative estimate of drug-likeness (QED) is 0.0896. The van der Waals surface area contributed by atoms with Crippen molar-refractivity contribution < 1.29 is 50.7 Å². The van der Waals surface area contributed by atoms with Gasteiger partial charge in [-0.25, -0.2) is 0 Å². The molecular weight excluding hydrogens is 1240 g/mol. The molecule has 6 aromatic rings. The Morgan fingerprint density at radius 3 is 0.539 bits per heavy atom. The van der Waals surface area contributed by atoms with Gasteiger partial charge in [0.1, 0.15) is 0 Å². The fourth-order valence-corrected chi connectivity index (χ4v) is 6.88. The van der Waals surface area contributed by atoms with E-state index in [1.54, 1.807) is 0 Å². The first-order chi connectivity index (χ1) is 34.2. The fourth-order valence-electron chi connectivity index (χ4n) is 6.88. The second kappa shape index (κ2) is 35.0. The van der Waals surface area contributed by atoms with Crippen LogP contribution in [0.15, 0.2) is 146 Å². The van der Waals surface area contributed by atoms with Crippen LogP contribution in [0.2, 0.25) is 0 Å². The molecule has 0 aliphatic heterocycles. The van der Waals surface area contributed by atoms with Crippen LogP contribution in [0.1, 0.15) is 158 Å². The number of benzene rings is 6. The van der Waals surface area contributed by atoms with E-state index in [4.69, 9.17) is 5.53 Å². The summed E-state index contributed by atoms with van der Waals surface area (Å²) < 4.78 is 2.51. The van der Waals surface area contributed by atoms with Crippen molar-refractivity contribution in [1.29, 1.82) is 0 Å². The van der Waals surface area contributed by atoms with Crippen molar-refractivity contribution in [2.45, 2.75) is 199 Å². The Morgan fingerprint density at radius 2 is 0.408 bits per heavy atom. The third kappa shape index (κ3) is 44.5. The van der Waals surface area contributed by atoms with Crippen molar-refractivity contribution in [2.75, 3.05) is 0 Å². The smallest absolute Gasteiger partial charge is 4.00 e. The SMILES string of the molecule is CC(C)(C)[N-]c1ccccc1.CC(C)(C)[N-]c1ccccc1.CC(C)(C)[N-]c1ccccc1.Cc1cc(C)cc([N-]C(C)(C)C)c1.Cc1cc(C)cc([N-]C(C)(C)C)c1.Cc1cc(C)cc([N-]C(C)(C)C)c1.[N-]=[N+]=[Mo].[U+4]. The first-order valence-corrected chi connectivity index (χ1v) is 26.9. The molecule has 0 spiro atoms. The Morgan fingerprint density at radius 1 is 0.276 bits per heavy atom. The molecule has 10 heteroatoms. The van der Waals surface area contributed by atoms with Crippen molar-refractivity contribution in [3.05, 3.63) is 216 Å². The summed E-state index contributed by atoms with van der Waals surface area (Å²) in [5.41, 5.74) is 21.4. The number of nitrogens with zero attached hydrogens (tertiary/aromatic N) is 8. The van der Waals surface area contributed by atoms with Gasteiger partial charge in [-0.15, -0.1) is 67.4 Å². The minimum Gasteiger partial charge on any atom is 4.00 e. The molecule has 0 N–H and O–H groups in total. The van der Waals surface area contributed by atoms with E-state index in [0.717, 1.165) is 34.1 Å². The maximum Gasteiger partial charge on any atom is 4.00 e. The summed E-state index contributed by atoms with van der Waals surface area (Å²) in [4.78, 5) is 0. The van der Waals surface area contributed by atoms with E-state index >= 15 is 0 Å². The monoisotopic (exact) mass is 1340 g/mol. The summed E-state index contributed by atoms with van der Waals surface area (Å²) in [6.07, 6.45) is 0. The van der Waals surface area contributed by atoms with E-state index in [9.17, 15) is 0 Å². The van der Waals surface area contributed by atoms with Crippen LogP contribution in [-0.4, -0.2) is 33.2 Å². The van der Waals surface area contributed by atoms with Crippen LogP contribution in [0.4, 0.5) is 34.1 Å².